The molecule has 0 fully saturated rings. The summed E-state index contributed by atoms with van der Waals surface area (Å²) < 4.78 is 0. The Bertz CT molecular complexity index is 4400. The summed E-state index contributed by atoms with van der Waals surface area (Å²) in [5, 5.41) is 8.99. The van der Waals surface area contributed by atoms with Crippen molar-refractivity contribution in [3.8, 4) is 22.3 Å². The maximum atomic E-state index is 4.48. The molecule has 0 bridgehead atoms. The molecule has 4 aromatic heterocycles. The fraction of sp³-hybridized carbons (Fsp3) is 0.186. The van der Waals surface area contributed by atoms with Gasteiger partial charge in [-0.05, 0) is 261 Å². The predicted octanol–water partition coefficient (Wildman–Crippen LogP) is 22.6. The van der Waals surface area contributed by atoms with Gasteiger partial charge in [0.1, 0.15) is 0 Å². The van der Waals surface area contributed by atoms with Gasteiger partial charge in [0.15, 0.2) is 0 Å². The molecule has 0 N–H and O–H groups in total. The third kappa shape index (κ3) is 14.5. The van der Waals surface area contributed by atoms with E-state index in [4.69, 9.17) is 0 Å². The van der Waals surface area contributed by atoms with Crippen LogP contribution < -0.4 is 0 Å². The number of para-hydroxylation sites is 3. The van der Waals surface area contributed by atoms with Gasteiger partial charge in [-0.15, -0.1) is 0 Å². The van der Waals surface area contributed by atoms with E-state index in [-0.39, 0.29) is 0 Å². The molecule has 14 aromatic rings. The summed E-state index contributed by atoms with van der Waals surface area (Å²) in [5.41, 5.74) is 33.2. The molecule has 4 nitrogen and oxygen atoms in total. The van der Waals surface area contributed by atoms with E-state index < -0.39 is 0 Å². The molecule has 448 valence electrons. The zero-order chi connectivity index (χ0) is 63.6. The fourth-order valence-electron chi connectivity index (χ4n) is 11.9. The second kappa shape index (κ2) is 28.5. The van der Waals surface area contributed by atoms with Crippen LogP contribution in [0.25, 0.3) is 76.5 Å². The normalized spacial score (nSPS) is 11.1. The van der Waals surface area contributed by atoms with Crippen LogP contribution in [0.4, 0.5) is 0 Å². The van der Waals surface area contributed by atoms with Crippen LogP contribution in [0, 0.1) is 96.9 Å². The zero-order valence-electron chi connectivity index (χ0n) is 55.1. The minimum absolute atomic E-state index is 1.08. The van der Waals surface area contributed by atoms with Crippen molar-refractivity contribution in [3.63, 3.8) is 0 Å². The molecule has 0 atom stereocenters. The number of hydrogen-bond acceptors (Lipinski definition) is 4. The van der Waals surface area contributed by atoms with Crippen LogP contribution >= 0.6 is 0 Å². The SMILES string of the molecule is Cc1cc2c(cc1C)-c1ccccc1C2.Cc1cc2c(cc1C)-c1ccccc1C2.Cc1cc2ccccc2nc1C.Cc1ccc2ccccc2c1C.Cc1cnc2ccccc2c1C.Cc1cnc2ccccc2c1C.Cc1ncc2ccccc2c1C. The van der Waals surface area contributed by atoms with Gasteiger partial charge in [-0.2, -0.15) is 0 Å². The lowest BCUT2D eigenvalue weighted by atomic mass is 10.00. The number of nitrogens with zero attached hydrogens (tertiary/aromatic N) is 4. The highest BCUT2D eigenvalue weighted by molar-refractivity contribution is 5.88. The molecule has 0 saturated carbocycles. The minimum atomic E-state index is 1.08. The first-order chi connectivity index (χ1) is 43.4. The van der Waals surface area contributed by atoms with Crippen molar-refractivity contribution in [2.45, 2.75) is 110 Å². The minimum Gasteiger partial charge on any atom is -0.261 e. The van der Waals surface area contributed by atoms with Gasteiger partial charge in [0.25, 0.3) is 0 Å². The Balaban J connectivity index is 0.000000116. The van der Waals surface area contributed by atoms with Gasteiger partial charge in [0, 0.05) is 51.5 Å². The van der Waals surface area contributed by atoms with E-state index in [2.05, 4.69) is 267 Å². The second-order valence-electron chi connectivity index (χ2n) is 24.4. The van der Waals surface area contributed by atoms with Crippen LogP contribution in [0.2, 0.25) is 0 Å². The van der Waals surface area contributed by atoms with Crippen molar-refractivity contribution in [1.82, 2.24) is 19.9 Å². The predicted molar refractivity (Wildman–Crippen MR) is 387 cm³/mol. The van der Waals surface area contributed by atoms with E-state index >= 15 is 0 Å². The van der Waals surface area contributed by atoms with E-state index in [1.165, 1.54) is 149 Å². The molecule has 0 aliphatic heterocycles. The summed E-state index contributed by atoms with van der Waals surface area (Å²) in [5.74, 6) is 0. The molecule has 0 saturated heterocycles. The second-order valence-corrected chi connectivity index (χ2v) is 24.4. The Morgan fingerprint density at radius 1 is 0.233 bits per heavy atom. The number of rotatable bonds is 0. The van der Waals surface area contributed by atoms with Crippen LogP contribution in [0.15, 0.2) is 231 Å². The molecular formula is C86H84N4. The van der Waals surface area contributed by atoms with Crippen LogP contribution in [0.1, 0.15) is 100 Å². The van der Waals surface area contributed by atoms with E-state index in [0.717, 1.165) is 40.8 Å². The topological polar surface area (TPSA) is 51.6 Å². The van der Waals surface area contributed by atoms with Crippen molar-refractivity contribution in [2.24, 2.45) is 0 Å². The lowest BCUT2D eigenvalue weighted by molar-refractivity contribution is 1.18. The highest BCUT2D eigenvalue weighted by Crippen LogP contribution is 2.39. The third-order valence-corrected chi connectivity index (χ3v) is 18.4. The molecule has 2 aliphatic rings. The van der Waals surface area contributed by atoms with Crippen molar-refractivity contribution in [2.75, 3.05) is 0 Å². The van der Waals surface area contributed by atoms with Gasteiger partial charge in [-0.25, -0.2) is 0 Å². The van der Waals surface area contributed by atoms with E-state index in [9.17, 15) is 0 Å². The number of benzene rings is 10. The molecule has 4 heteroatoms. The summed E-state index contributed by atoms with van der Waals surface area (Å²) >= 11 is 0. The Labute approximate surface area is 534 Å². The van der Waals surface area contributed by atoms with Gasteiger partial charge < -0.3 is 0 Å². The molecule has 16 rings (SSSR count). The number of aromatic nitrogens is 4. The monoisotopic (exact) mass is 1170 g/mol. The number of pyridine rings is 4. The molecule has 0 spiro atoms. The number of aryl methyl sites for hydroxylation is 14. The molecule has 4 heterocycles. The lowest BCUT2D eigenvalue weighted by Crippen LogP contribution is -1.87. The Hall–Kier alpha value is -9.90. The van der Waals surface area contributed by atoms with Crippen LogP contribution in [-0.2, 0) is 12.8 Å². The zero-order valence-corrected chi connectivity index (χ0v) is 55.1. The first-order valence-corrected chi connectivity index (χ1v) is 31.5. The van der Waals surface area contributed by atoms with E-state index in [1.54, 1.807) is 0 Å². The van der Waals surface area contributed by atoms with Gasteiger partial charge in [-0.1, -0.05) is 188 Å². The van der Waals surface area contributed by atoms with Crippen LogP contribution in [0.3, 0.4) is 0 Å². The molecular weight excluding hydrogens is 1090 g/mol. The highest BCUT2D eigenvalue weighted by atomic mass is 14.7. The first kappa shape index (κ1) is 63.1. The lowest BCUT2D eigenvalue weighted by Gasteiger charge is -2.05. The third-order valence-electron chi connectivity index (χ3n) is 18.4. The summed E-state index contributed by atoms with van der Waals surface area (Å²) in [6.07, 6.45) is 7.99. The Kier molecular flexibility index (Phi) is 20.0. The van der Waals surface area contributed by atoms with Crippen molar-refractivity contribution in [1.29, 1.82) is 0 Å². The number of hydrogen-bond donors (Lipinski definition) is 0. The Morgan fingerprint density at radius 2 is 0.633 bits per heavy atom. The molecule has 0 amide bonds. The quantitative estimate of drug-likeness (QED) is 0.152. The summed E-state index contributed by atoms with van der Waals surface area (Å²) in [4.78, 5) is 17.5. The molecule has 10 aromatic carbocycles. The van der Waals surface area contributed by atoms with E-state index in [1.807, 2.05) is 81.0 Å². The standard InChI is InChI=1S/2C15H14.C12H12.4C11H11N/c2*1-10-7-13-9-12-5-3-4-6-14(12)15(13)8-11(10)2;1-9-7-8-11-5-3-4-6-12(11)10(9)2;1-8-9(2)12-7-10-5-3-4-6-11(8)10;2*1-8-7-12-11-6-4-3-5-10(11)9(8)2;1-8-7-10-5-3-4-6-11(10)12-9(8)2/h2*3-8H,9H2,1-2H3;3-8H,1-2H3;4*3-7H,1-2H3. The Morgan fingerprint density at radius 3 is 1.16 bits per heavy atom. The fourth-order valence-corrected chi connectivity index (χ4v) is 11.9. The summed E-state index contributed by atoms with van der Waals surface area (Å²) in [7, 11) is 0. The smallest absolute Gasteiger partial charge is 0.0705 e. The number of fused-ring (bicyclic) bond motifs is 11. The molecule has 0 unspecified atom stereocenters. The molecule has 0 radical (unpaired) electrons. The molecule has 90 heavy (non-hydrogen) atoms. The largest absolute Gasteiger partial charge is 0.261 e. The molecule has 2 aliphatic carbocycles. The highest BCUT2D eigenvalue weighted by Gasteiger charge is 2.19. The maximum Gasteiger partial charge on any atom is 0.0705 e. The van der Waals surface area contributed by atoms with Crippen molar-refractivity contribution < 1.29 is 0 Å². The average molecular weight is 1170 g/mol. The van der Waals surface area contributed by atoms with E-state index in [0.29, 0.717) is 0 Å². The van der Waals surface area contributed by atoms with Gasteiger partial charge >= 0.3 is 0 Å². The van der Waals surface area contributed by atoms with Crippen molar-refractivity contribution in [3.05, 3.63) is 331 Å². The van der Waals surface area contributed by atoms with Crippen LogP contribution in [-0.4, -0.2) is 19.9 Å². The maximum absolute atomic E-state index is 4.48. The summed E-state index contributed by atoms with van der Waals surface area (Å²) in [6, 6.07) is 74.8. The average Bonchev–Trinajstić information content (AvgIpc) is 1.82. The van der Waals surface area contributed by atoms with Crippen molar-refractivity contribution >= 4 is 54.3 Å². The summed E-state index contributed by atoms with van der Waals surface area (Å²) in [6.45, 7) is 29.9. The van der Waals surface area contributed by atoms with Gasteiger partial charge in [0.05, 0.1) is 16.6 Å². The van der Waals surface area contributed by atoms with Crippen LogP contribution in [0.5, 0.6) is 0 Å². The van der Waals surface area contributed by atoms with Gasteiger partial charge in [0.2, 0.25) is 0 Å². The first-order valence-electron chi connectivity index (χ1n) is 31.5. The van der Waals surface area contributed by atoms with Gasteiger partial charge in [-0.3, -0.25) is 19.9 Å².